The van der Waals surface area contributed by atoms with Gasteiger partial charge >= 0.3 is 0 Å². The molecule has 0 aliphatic carbocycles. The van der Waals surface area contributed by atoms with Gasteiger partial charge in [0, 0.05) is 5.92 Å². The van der Waals surface area contributed by atoms with Crippen molar-refractivity contribution in [2.75, 3.05) is 5.32 Å². The summed E-state index contributed by atoms with van der Waals surface area (Å²) in [7, 11) is 0. The van der Waals surface area contributed by atoms with E-state index in [1.165, 1.54) is 23.5 Å². The molecule has 1 heterocycles. The van der Waals surface area contributed by atoms with Gasteiger partial charge in [-0.2, -0.15) is 0 Å². The van der Waals surface area contributed by atoms with Gasteiger partial charge < -0.3 is 0 Å². The molecule has 2 rings (SSSR count). The van der Waals surface area contributed by atoms with Crippen LogP contribution in [0.25, 0.3) is 0 Å². The predicted octanol–water partition coefficient (Wildman–Crippen LogP) is 3.71. The zero-order valence-electron chi connectivity index (χ0n) is 10.3. The van der Waals surface area contributed by atoms with Crippen LogP contribution < -0.4 is 5.32 Å². The molecule has 0 atom stereocenters. The number of anilines is 1. The monoisotopic (exact) mass is 299 g/mol. The van der Waals surface area contributed by atoms with Crippen LogP contribution in [0.2, 0.25) is 5.02 Å². The summed E-state index contributed by atoms with van der Waals surface area (Å²) in [6.07, 6.45) is 0. The van der Waals surface area contributed by atoms with E-state index in [1.807, 2.05) is 13.8 Å². The fourth-order valence-corrected chi connectivity index (χ4v) is 2.35. The number of aromatic nitrogens is 2. The lowest BCUT2D eigenvalue weighted by molar-refractivity contribution is 0.102. The van der Waals surface area contributed by atoms with E-state index in [9.17, 15) is 9.18 Å². The van der Waals surface area contributed by atoms with E-state index >= 15 is 0 Å². The topological polar surface area (TPSA) is 54.9 Å². The normalized spacial score (nSPS) is 10.8. The van der Waals surface area contributed by atoms with E-state index in [0.29, 0.717) is 5.13 Å². The van der Waals surface area contributed by atoms with Crippen LogP contribution in [-0.4, -0.2) is 16.1 Å². The molecular weight excluding hydrogens is 289 g/mol. The number of nitrogens with zero attached hydrogens (tertiary/aromatic N) is 2. The highest BCUT2D eigenvalue weighted by atomic mass is 35.5. The maximum Gasteiger partial charge on any atom is 0.259 e. The van der Waals surface area contributed by atoms with Crippen molar-refractivity contribution in [3.05, 3.63) is 39.6 Å². The summed E-state index contributed by atoms with van der Waals surface area (Å²) in [5, 5.41) is 11.7. The van der Waals surface area contributed by atoms with Crippen LogP contribution in [0, 0.1) is 5.82 Å². The van der Waals surface area contributed by atoms with E-state index < -0.39 is 11.7 Å². The zero-order valence-corrected chi connectivity index (χ0v) is 11.8. The van der Waals surface area contributed by atoms with E-state index in [4.69, 9.17) is 11.6 Å². The SMILES string of the molecule is CC(C)c1nnc(NC(=O)c2ccc(F)cc2Cl)s1. The van der Waals surface area contributed by atoms with Crippen LogP contribution >= 0.6 is 22.9 Å². The summed E-state index contributed by atoms with van der Waals surface area (Å²) in [4.78, 5) is 11.9. The van der Waals surface area contributed by atoms with Crippen molar-refractivity contribution in [2.24, 2.45) is 0 Å². The van der Waals surface area contributed by atoms with Crippen LogP contribution in [0.1, 0.15) is 35.1 Å². The van der Waals surface area contributed by atoms with Crippen LogP contribution in [-0.2, 0) is 0 Å². The molecule has 0 fully saturated rings. The number of amides is 1. The van der Waals surface area contributed by atoms with Crippen LogP contribution in [0.3, 0.4) is 0 Å². The molecule has 100 valence electrons. The highest BCUT2D eigenvalue weighted by Gasteiger charge is 2.14. The van der Waals surface area contributed by atoms with Gasteiger partial charge in [0.2, 0.25) is 5.13 Å². The number of hydrogen-bond donors (Lipinski definition) is 1. The fourth-order valence-electron chi connectivity index (χ4n) is 1.36. The Kier molecular flexibility index (Phi) is 4.11. The minimum absolute atomic E-state index is 0.0612. The Hall–Kier alpha value is -1.53. The molecule has 2 aromatic rings. The molecule has 0 aliphatic heterocycles. The van der Waals surface area contributed by atoms with E-state index in [2.05, 4.69) is 15.5 Å². The largest absolute Gasteiger partial charge is 0.296 e. The second kappa shape index (κ2) is 5.63. The average molecular weight is 300 g/mol. The first-order chi connectivity index (χ1) is 8.97. The maximum atomic E-state index is 12.9. The molecule has 0 spiro atoms. The lowest BCUT2D eigenvalue weighted by Gasteiger charge is -2.03. The van der Waals surface area contributed by atoms with Gasteiger partial charge in [0.15, 0.2) is 0 Å². The van der Waals surface area contributed by atoms with Gasteiger partial charge in [-0.25, -0.2) is 4.39 Å². The molecule has 7 heteroatoms. The smallest absolute Gasteiger partial charge is 0.259 e. The summed E-state index contributed by atoms with van der Waals surface area (Å²) < 4.78 is 12.9. The van der Waals surface area contributed by atoms with Gasteiger partial charge in [-0.05, 0) is 18.2 Å². The molecule has 0 radical (unpaired) electrons. The molecule has 0 bridgehead atoms. The van der Waals surface area contributed by atoms with E-state index in [-0.39, 0.29) is 16.5 Å². The molecule has 0 saturated carbocycles. The number of benzene rings is 1. The predicted molar refractivity (Wildman–Crippen MR) is 73.4 cm³/mol. The van der Waals surface area contributed by atoms with Gasteiger partial charge in [0.25, 0.3) is 5.91 Å². The van der Waals surface area contributed by atoms with Gasteiger partial charge in [-0.1, -0.05) is 36.8 Å². The van der Waals surface area contributed by atoms with Gasteiger partial charge in [-0.3, -0.25) is 10.1 Å². The summed E-state index contributed by atoms with van der Waals surface area (Å²) >= 11 is 7.11. The first kappa shape index (κ1) is 13.9. The minimum atomic E-state index is -0.487. The lowest BCUT2D eigenvalue weighted by atomic mass is 10.2. The summed E-state index contributed by atoms with van der Waals surface area (Å²) in [5.74, 6) is -0.673. The second-order valence-corrected chi connectivity index (χ2v) is 5.59. The lowest BCUT2D eigenvalue weighted by Crippen LogP contribution is -2.12. The first-order valence-electron chi connectivity index (χ1n) is 5.57. The fraction of sp³-hybridized carbons (Fsp3) is 0.250. The second-order valence-electron chi connectivity index (χ2n) is 4.18. The maximum absolute atomic E-state index is 12.9. The van der Waals surface area contributed by atoms with Crippen molar-refractivity contribution in [1.29, 1.82) is 0 Å². The molecule has 0 saturated heterocycles. The van der Waals surface area contributed by atoms with E-state index in [0.717, 1.165) is 11.1 Å². The zero-order chi connectivity index (χ0) is 14.0. The highest BCUT2D eigenvalue weighted by molar-refractivity contribution is 7.15. The third-order valence-corrected chi connectivity index (χ3v) is 3.78. The number of hydrogen-bond acceptors (Lipinski definition) is 4. The Morgan fingerprint density at radius 1 is 1.42 bits per heavy atom. The van der Waals surface area contributed by atoms with Crippen LogP contribution in [0.15, 0.2) is 18.2 Å². The Labute approximate surface area is 118 Å². The third-order valence-electron chi connectivity index (χ3n) is 2.33. The molecule has 0 aliphatic rings. The molecular formula is C12H11ClFN3OS. The Morgan fingerprint density at radius 3 is 2.74 bits per heavy atom. The number of halogens is 2. The molecule has 0 unspecified atom stereocenters. The third kappa shape index (κ3) is 3.27. The van der Waals surface area contributed by atoms with Crippen molar-refractivity contribution < 1.29 is 9.18 Å². The Balaban J connectivity index is 2.16. The van der Waals surface area contributed by atoms with Crippen molar-refractivity contribution in [1.82, 2.24) is 10.2 Å². The van der Waals surface area contributed by atoms with E-state index in [1.54, 1.807) is 0 Å². The van der Waals surface area contributed by atoms with Gasteiger partial charge in [0.1, 0.15) is 10.8 Å². The number of carbonyl (C=O) groups is 1. The quantitative estimate of drug-likeness (QED) is 0.940. The summed E-state index contributed by atoms with van der Waals surface area (Å²) in [6, 6.07) is 3.61. The van der Waals surface area contributed by atoms with Gasteiger partial charge in [-0.15, -0.1) is 10.2 Å². The Bertz CT molecular complexity index is 615. The highest BCUT2D eigenvalue weighted by Crippen LogP contribution is 2.24. The van der Waals surface area contributed by atoms with Crippen LogP contribution in [0.5, 0.6) is 0 Å². The van der Waals surface area contributed by atoms with Crippen molar-refractivity contribution in [2.45, 2.75) is 19.8 Å². The van der Waals surface area contributed by atoms with Crippen molar-refractivity contribution >= 4 is 34.0 Å². The molecule has 1 N–H and O–H groups in total. The molecule has 19 heavy (non-hydrogen) atoms. The molecule has 4 nitrogen and oxygen atoms in total. The number of nitrogens with one attached hydrogen (secondary N) is 1. The number of rotatable bonds is 3. The average Bonchev–Trinajstić information content (AvgIpc) is 2.77. The van der Waals surface area contributed by atoms with Crippen molar-refractivity contribution in [3.8, 4) is 0 Å². The summed E-state index contributed by atoms with van der Waals surface area (Å²) in [6.45, 7) is 3.98. The van der Waals surface area contributed by atoms with Gasteiger partial charge in [0.05, 0.1) is 10.6 Å². The van der Waals surface area contributed by atoms with Crippen LogP contribution in [0.4, 0.5) is 9.52 Å². The molecule has 1 aromatic heterocycles. The Morgan fingerprint density at radius 2 is 2.16 bits per heavy atom. The summed E-state index contributed by atoms with van der Waals surface area (Å²) in [5.41, 5.74) is 0.198. The molecule has 1 amide bonds. The van der Waals surface area contributed by atoms with Crippen molar-refractivity contribution in [3.63, 3.8) is 0 Å². The first-order valence-corrected chi connectivity index (χ1v) is 6.76. The molecule has 1 aromatic carbocycles. The number of carbonyl (C=O) groups excluding carboxylic acids is 1. The standard InChI is InChI=1S/C12H11ClFN3OS/c1-6(2)11-16-17-12(19-11)15-10(18)8-4-3-7(14)5-9(8)13/h3-6H,1-2H3,(H,15,17,18). The minimum Gasteiger partial charge on any atom is -0.296 e.